The molecule has 0 aliphatic carbocycles. The van der Waals surface area contributed by atoms with Crippen LogP contribution in [0.4, 0.5) is 57.1 Å². The van der Waals surface area contributed by atoms with Gasteiger partial charge in [0.25, 0.3) is 0 Å². The van der Waals surface area contributed by atoms with Crippen molar-refractivity contribution in [1.29, 1.82) is 0 Å². The Labute approximate surface area is 306 Å². The second kappa shape index (κ2) is 28.0. The molecule has 0 amide bonds. The van der Waals surface area contributed by atoms with Gasteiger partial charge in [0.2, 0.25) is 0 Å². The fourth-order valence-electron chi connectivity index (χ4n) is 6.30. The van der Waals surface area contributed by atoms with Crippen molar-refractivity contribution in [3.63, 3.8) is 0 Å². The largest absolute Gasteiger partial charge is 0.460 e. The smallest absolute Gasteiger partial charge is 0.203 e. The SMILES string of the molecule is CCCCCCCCCCCCCC[P+](CCCCCC)(CCCCCC)CCCCCC.FC(F)C(F)(F)C(F)(F)C(F)(F)C(F)(F)C(F)(F)F. The fourth-order valence-corrected chi connectivity index (χ4v) is 11.2. The van der Waals surface area contributed by atoms with E-state index in [2.05, 4.69) is 27.7 Å². The molecule has 0 fully saturated rings. The van der Waals surface area contributed by atoms with Crippen LogP contribution < -0.4 is 0 Å². The van der Waals surface area contributed by atoms with E-state index >= 15 is 0 Å². The molecule has 0 nitrogen and oxygen atoms in total. The lowest BCUT2D eigenvalue weighted by Crippen LogP contribution is -2.67. The Morgan fingerprint density at radius 3 is 0.788 bits per heavy atom. The van der Waals surface area contributed by atoms with Crippen LogP contribution in [0.5, 0.6) is 0 Å². The van der Waals surface area contributed by atoms with E-state index in [4.69, 9.17) is 0 Å². The predicted molar refractivity (Wildman–Crippen MR) is 192 cm³/mol. The molecule has 0 aromatic carbocycles. The lowest BCUT2D eigenvalue weighted by Gasteiger charge is -2.36. The molecule has 0 rings (SSSR count). The standard InChI is InChI=1S/C32H68P.C6HF13/c1-5-9-13-17-18-19-20-21-22-23-24-28-32-33(29-25-14-10-6-2,30-26-15-11-7-3)31-27-16-12-8-4;7-1(8)2(9,10)3(11,12)4(13,14)5(15,16)6(17,18)19/h5-32H2,1-4H3;1H/q+1;. The summed E-state index contributed by atoms with van der Waals surface area (Å²) in [5.74, 6) is -30.1. The third-order valence-electron chi connectivity index (χ3n) is 9.78. The van der Waals surface area contributed by atoms with E-state index in [-0.39, 0.29) is 0 Å². The monoisotopic (exact) mass is 803 g/mol. The van der Waals surface area contributed by atoms with Gasteiger partial charge in [-0.1, -0.05) is 130 Å². The lowest BCUT2D eigenvalue weighted by molar-refractivity contribution is -0.430. The van der Waals surface area contributed by atoms with Gasteiger partial charge in [-0.2, -0.15) is 48.3 Å². The van der Waals surface area contributed by atoms with Gasteiger partial charge >= 0.3 is 36.3 Å². The minimum Gasteiger partial charge on any atom is -0.203 e. The van der Waals surface area contributed by atoms with Gasteiger partial charge in [-0.3, -0.25) is 0 Å². The molecule has 0 bridgehead atoms. The summed E-state index contributed by atoms with van der Waals surface area (Å²) in [6.45, 7) is 9.41. The molecular weight excluding hydrogens is 734 g/mol. The van der Waals surface area contributed by atoms with Crippen molar-refractivity contribution in [2.24, 2.45) is 0 Å². The zero-order valence-electron chi connectivity index (χ0n) is 32.2. The summed E-state index contributed by atoms with van der Waals surface area (Å²) < 4.78 is 155. The fraction of sp³-hybridized carbons (Fsp3) is 1.00. The number of hydrogen-bond donors (Lipinski definition) is 0. The Kier molecular flexibility index (Phi) is 28.9. The molecule has 52 heavy (non-hydrogen) atoms. The predicted octanol–water partition coefficient (Wildman–Crippen LogP) is 16.8. The summed E-state index contributed by atoms with van der Waals surface area (Å²) in [6.07, 6.45) is 29.2. The zero-order chi connectivity index (χ0) is 40.4. The normalized spacial score (nSPS) is 13.5. The van der Waals surface area contributed by atoms with Crippen LogP contribution >= 0.6 is 7.26 Å². The van der Waals surface area contributed by atoms with Crippen molar-refractivity contribution < 1.29 is 57.1 Å². The topological polar surface area (TPSA) is 0 Å². The number of hydrogen-bond acceptors (Lipinski definition) is 0. The van der Waals surface area contributed by atoms with E-state index in [1.165, 1.54) is 128 Å². The molecule has 0 N–H and O–H groups in total. The van der Waals surface area contributed by atoms with E-state index < -0.39 is 43.6 Å². The first kappa shape index (κ1) is 53.6. The second-order valence-electron chi connectivity index (χ2n) is 14.5. The average molecular weight is 804 g/mol. The second-order valence-corrected chi connectivity index (χ2v) is 18.9. The molecular formula is C38H69F13P+. The van der Waals surface area contributed by atoms with E-state index in [1.54, 1.807) is 50.3 Å². The Bertz CT molecular complexity index is 801. The summed E-state index contributed by atoms with van der Waals surface area (Å²) in [5, 5.41) is 0. The molecule has 0 aliphatic heterocycles. The van der Waals surface area contributed by atoms with Crippen molar-refractivity contribution in [1.82, 2.24) is 0 Å². The first-order valence-corrected chi connectivity index (χ1v) is 22.4. The molecule has 0 spiro atoms. The van der Waals surface area contributed by atoms with Gasteiger partial charge in [-0.05, 0) is 51.4 Å². The first-order chi connectivity index (χ1) is 24.2. The number of unbranched alkanes of at least 4 members (excludes halogenated alkanes) is 20. The summed E-state index contributed by atoms with van der Waals surface area (Å²) in [7, 11) is -0.697. The Morgan fingerprint density at radius 1 is 0.327 bits per heavy atom. The van der Waals surface area contributed by atoms with Crippen LogP contribution in [-0.2, 0) is 0 Å². The van der Waals surface area contributed by atoms with Crippen molar-refractivity contribution in [3.8, 4) is 0 Å². The minimum absolute atomic E-state index is 0.697. The van der Waals surface area contributed by atoms with Crippen molar-refractivity contribution in [3.05, 3.63) is 0 Å². The summed E-state index contributed by atoms with van der Waals surface area (Å²) in [6, 6.07) is 0. The molecule has 0 radical (unpaired) electrons. The van der Waals surface area contributed by atoms with E-state index in [1.807, 2.05) is 0 Å². The Balaban J connectivity index is 0. The van der Waals surface area contributed by atoms with Crippen molar-refractivity contribution >= 4 is 7.26 Å². The van der Waals surface area contributed by atoms with Gasteiger partial charge < -0.3 is 0 Å². The van der Waals surface area contributed by atoms with Gasteiger partial charge in [0, 0.05) is 7.26 Å². The highest BCUT2D eigenvalue weighted by atomic mass is 31.2. The highest BCUT2D eigenvalue weighted by Gasteiger charge is 2.88. The van der Waals surface area contributed by atoms with Crippen molar-refractivity contribution in [2.45, 2.75) is 218 Å². The maximum Gasteiger partial charge on any atom is 0.460 e. The summed E-state index contributed by atoms with van der Waals surface area (Å²) in [5.41, 5.74) is 0. The molecule has 0 saturated heterocycles. The maximum atomic E-state index is 12.3. The van der Waals surface area contributed by atoms with Crippen LogP contribution in [0, 0.1) is 0 Å². The highest BCUT2D eigenvalue weighted by molar-refractivity contribution is 7.75. The van der Waals surface area contributed by atoms with E-state index in [9.17, 15) is 57.1 Å². The quantitative estimate of drug-likeness (QED) is 0.0361. The van der Waals surface area contributed by atoms with Crippen LogP contribution in [0.1, 0.15) is 182 Å². The molecule has 0 atom stereocenters. The molecule has 316 valence electrons. The molecule has 0 heterocycles. The molecule has 14 heteroatoms. The van der Waals surface area contributed by atoms with Crippen molar-refractivity contribution in [2.75, 3.05) is 24.6 Å². The number of rotatable bonds is 32. The summed E-state index contributed by atoms with van der Waals surface area (Å²) in [4.78, 5) is 0. The van der Waals surface area contributed by atoms with Gasteiger partial charge in [0.1, 0.15) is 0 Å². The third kappa shape index (κ3) is 19.4. The first-order valence-electron chi connectivity index (χ1n) is 19.9. The van der Waals surface area contributed by atoms with E-state index in [0.29, 0.717) is 0 Å². The van der Waals surface area contributed by atoms with Crippen LogP contribution in [0.3, 0.4) is 0 Å². The highest BCUT2D eigenvalue weighted by Crippen LogP contribution is 2.62. The molecule has 0 aromatic heterocycles. The Morgan fingerprint density at radius 2 is 0.558 bits per heavy atom. The van der Waals surface area contributed by atoms with Crippen LogP contribution in [0.25, 0.3) is 0 Å². The molecule has 0 unspecified atom stereocenters. The number of halogens is 13. The van der Waals surface area contributed by atoms with Gasteiger partial charge in [0.15, 0.2) is 0 Å². The van der Waals surface area contributed by atoms with E-state index in [0.717, 1.165) is 0 Å². The van der Waals surface area contributed by atoms with Gasteiger partial charge in [-0.15, -0.1) is 0 Å². The summed E-state index contributed by atoms with van der Waals surface area (Å²) >= 11 is 0. The van der Waals surface area contributed by atoms with Gasteiger partial charge in [-0.25, -0.2) is 8.78 Å². The average Bonchev–Trinajstić information content (AvgIpc) is 3.07. The molecule has 0 aromatic rings. The lowest BCUT2D eigenvalue weighted by atomic mass is 9.98. The minimum atomic E-state index is -7.78. The van der Waals surface area contributed by atoms with Gasteiger partial charge in [0.05, 0.1) is 24.6 Å². The maximum absolute atomic E-state index is 12.3. The molecule has 0 aliphatic rings. The number of alkyl halides is 13. The van der Waals surface area contributed by atoms with Crippen LogP contribution in [0.15, 0.2) is 0 Å². The van der Waals surface area contributed by atoms with Crippen LogP contribution in [0.2, 0.25) is 0 Å². The van der Waals surface area contributed by atoms with Crippen LogP contribution in [-0.4, -0.2) is 60.9 Å². The molecule has 0 saturated carbocycles. The third-order valence-corrected chi connectivity index (χ3v) is 14.8. The zero-order valence-corrected chi connectivity index (χ0v) is 33.1. The Hall–Kier alpha value is -0.480.